The van der Waals surface area contributed by atoms with Gasteiger partial charge in [0.05, 0.1) is 12.7 Å². The number of hydrogen-bond donors (Lipinski definition) is 1. The molecule has 0 spiro atoms. The Balaban J connectivity index is 1.25. The molecule has 2 aliphatic heterocycles. The molecule has 1 aromatic carbocycles. The van der Waals surface area contributed by atoms with Gasteiger partial charge in [-0.05, 0) is 35.4 Å². The molecule has 6 rings (SSSR count). The van der Waals surface area contributed by atoms with Gasteiger partial charge in [-0.3, -0.25) is 14.1 Å². The molecule has 4 aromatic rings. The lowest BCUT2D eigenvalue weighted by Gasteiger charge is -2.43. The molecule has 2 N–H and O–H groups in total. The predicted octanol–water partition coefficient (Wildman–Crippen LogP) is 2.89. The lowest BCUT2D eigenvalue weighted by Crippen LogP contribution is -2.60. The molecule has 2 aliphatic rings. The number of alkyl halides is 2. The molecule has 8 nitrogen and oxygen atoms in total. The van der Waals surface area contributed by atoms with Gasteiger partial charge in [0, 0.05) is 38.3 Å². The summed E-state index contributed by atoms with van der Waals surface area (Å²) in [4.78, 5) is 25.1. The van der Waals surface area contributed by atoms with Crippen molar-refractivity contribution in [2.24, 2.45) is 0 Å². The Morgan fingerprint density at radius 2 is 2.00 bits per heavy atom. The summed E-state index contributed by atoms with van der Waals surface area (Å²) in [6.07, 6.45) is 3.30. The molecule has 1 amide bonds. The van der Waals surface area contributed by atoms with Crippen LogP contribution in [0.2, 0.25) is 0 Å². The number of benzene rings is 1. The van der Waals surface area contributed by atoms with Crippen molar-refractivity contribution in [1.29, 1.82) is 0 Å². The molecular formula is C22H20F2N6O2. The van der Waals surface area contributed by atoms with Crippen LogP contribution in [0.4, 0.5) is 14.8 Å². The van der Waals surface area contributed by atoms with Gasteiger partial charge in [-0.15, -0.1) is 0 Å². The number of nitrogens with two attached hydrogens (primary N) is 1. The summed E-state index contributed by atoms with van der Waals surface area (Å²) in [6.45, 7) is 1.05. The van der Waals surface area contributed by atoms with Crippen molar-refractivity contribution < 1.29 is 18.0 Å². The first-order chi connectivity index (χ1) is 15.4. The average molecular weight is 438 g/mol. The first kappa shape index (κ1) is 19.2. The molecule has 3 aromatic heterocycles. The third kappa shape index (κ3) is 3.10. The SMILES string of the molecule is Nc1nc2cc(-c3ccc4ncc(C(=O)N5CC(N6CCC(F)(F)C6)C5)n4c3)ccc2o1. The number of carbonyl (C=O) groups excluding carboxylic acids is 1. The quantitative estimate of drug-likeness (QED) is 0.529. The highest BCUT2D eigenvalue weighted by Crippen LogP contribution is 2.31. The van der Waals surface area contributed by atoms with Crippen molar-refractivity contribution in [3.8, 4) is 11.1 Å². The number of aromatic nitrogens is 3. The van der Waals surface area contributed by atoms with Gasteiger partial charge in [0.2, 0.25) is 0 Å². The molecule has 0 bridgehead atoms. The van der Waals surface area contributed by atoms with Crippen LogP contribution < -0.4 is 5.73 Å². The van der Waals surface area contributed by atoms with E-state index in [4.69, 9.17) is 10.2 Å². The Bertz CT molecular complexity index is 1360. The molecule has 32 heavy (non-hydrogen) atoms. The maximum Gasteiger partial charge on any atom is 0.292 e. The number of nitrogen functional groups attached to an aromatic ring is 1. The Hall–Kier alpha value is -3.53. The molecule has 0 saturated carbocycles. The summed E-state index contributed by atoms with van der Waals surface area (Å²) in [5.74, 6) is -2.78. The number of rotatable bonds is 3. The second-order valence-corrected chi connectivity index (χ2v) is 8.46. The van der Waals surface area contributed by atoms with E-state index in [0.717, 1.165) is 11.1 Å². The first-order valence-electron chi connectivity index (χ1n) is 10.4. The molecular weight excluding hydrogens is 418 g/mol. The largest absolute Gasteiger partial charge is 0.424 e. The Labute approximate surface area is 181 Å². The summed E-state index contributed by atoms with van der Waals surface area (Å²) < 4.78 is 34.1. The molecule has 0 aliphatic carbocycles. The maximum absolute atomic E-state index is 13.5. The Morgan fingerprint density at radius 1 is 1.19 bits per heavy atom. The molecule has 2 saturated heterocycles. The molecule has 0 unspecified atom stereocenters. The summed E-state index contributed by atoms with van der Waals surface area (Å²) in [5, 5.41) is 0. The fourth-order valence-electron chi connectivity index (χ4n) is 4.52. The fourth-order valence-corrected chi connectivity index (χ4v) is 4.52. The summed E-state index contributed by atoms with van der Waals surface area (Å²) in [7, 11) is 0. The molecule has 0 radical (unpaired) electrons. The van der Waals surface area contributed by atoms with E-state index in [1.54, 1.807) is 26.5 Å². The van der Waals surface area contributed by atoms with Gasteiger partial charge >= 0.3 is 0 Å². The lowest BCUT2D eigenvalue weighted by molar-refractivity contribution is -0.00886. The van der Waals surface area contributed by atoms with E-state index in [9.17, 15) is 13.6 Å². The minimum absolute atomic E-state index is 0.0105. The van der Waals surface area contributed by atoms with Crippen LogP contribution in [0.5, 0.6) is 0 Å². The van der Waals surface area contributed by atoms with Gasteiger partial charge < -0.3 is 15.1 Å². The maximum atomic E-state index is 13.5. The van der Waals surface area contributed by atoms with Crippen molar-refractivity contribution in [2.75, 3.05) is 31.9 Å². The van der Waals surface area contributed by atoms with Crippen molar-refractivity contribution in [3.05, 3.63) is 48.4 Å². The molecule has 164 valence electrons. The summed E-state index contributed by atoms with van der Waals surface area (Å²) in [6, 6.07) is 9.45. The zero-order valence-corrected chi connectivity index (χ0v) is 17.0. The number of halogens is 2. The molecule has 10 heteroatoms. The normalized spacial score (nSPS) is 19.1. The second kappa shape index (κ2) is 6.73. The Morgan fingerprint density at radius 3 is 2.78 bits per heavy atom. The number of fused-ring (bicyclic) bond motifs is 2. The molecule has 2 fully saturated rings. The van der Waals surface area contributed by atoms with Crippen LogP contribution in [-0.2, 0) is 0 Å². The number of carbonyl (C=O) groups is 1. The van der Waals surface area contributed by atoms with Crippen molar-refractivity contribution in [1.82, 2.24) is 24.2 Å². The Kier molecular flexibility index (Phi) is 4.03. The number of oxazole rings is 1. The third-order valence-corrected chi connectivity index (χ3v) is 6.33. The monoisotopic (exact) mass is 438 g/mol. The van der Waals surface area contributed by atoms with Crippen molar-refractivity contribution in [2.45, 2.75) is 18.4 Å². The smallest absolute Gasteiger partial charge is 0.292 e. The van der Waals surface area contributed by atoms with E-state index in [1.165, 1.54) is 0 Å². The highest BCUT2D eigenvalue weighted by atomic mass is 19.3. The zero-order chi connectivity index (χ0) is 22.0. The van der Waals surface area contributed by atoms with E-state index in [2.05, 4.69) is 9.97 Å². The van der Waals surface area contributed by atoms with Crippen molar-refractivity contribution >= 4 is 28.7 Å². The van der Waals surface area contributed by atoms with Gasteiger partial charge in [-0.1, -0.05) is 6.07 Å². The van der Waals surface area contributed by atoms with E-state index >= 15 is 0 Å². The highest BCUT2D eigenvalue weighted by Gasteiger charge is 2.45. The number of nitrogens with zero attached hydrogens (tertiary/aromatic N) is 5. The van der Waals surface area contributed by atoms with Crippen LogP contribution in [0.3, 0.4) is 0 Å². The number of likely N-dealkylation sites (tertiary alicyclic amines) is 2. The standard InChI is InChI=1S/C22H20F2N6O2/c23-22(24)5-6-28(12-22)15-10-29(11-15)20(31)17-8-26-19-4-2-14(9-30(17)19)13-1-3-18-16(7-13)27-21(25)32-18/h1-4,7-9,15H,5-6,10-12H2,(H2,25,27). The molecule has 5 heterocycles. The predicted molar refractivity (Wildman–Crippen MR) is 113 cm³/mol. The number of imidazole rings is 1. The van der Waals surface area contributed by atoms with Crippen LogP contribution in [0.1, 0.15) is 16.9 Å². The van der Waals surface area contributed by atoms with E-state index in [1.807, 2.05) is 30.5 Å². The van der Waals surface area contributed by atoms with E-state index in [0.29, 0.717) is 42.1 Å². The topological polar surface area (TPSA) is 92.9 Å². The van der Waals surface area contributed by atoms with Crippen molar-refractivity contribution in [3.63, 3.8) is 0 Å². The van der Waals surface area contributed by atoms with Crippen LogP contribution in [0.15, 0.2) is 47.1 Å². The number of amides is 1. The van der Waals surface area contributed by atoms with Crippen LogP contribution in [0.25, 0.3) is 27.9 Å². The van der Waals surface area contributed by atoms with E-state index < -0.39 is 5.92 Å². The van der Waals surface area contributed by atoms with Crippen LogP contribution >= 0.6 is 0 Å². The minimum Gasteiger partial charge on any atom is -0.424 e. The number of pyridine rings is 1. The average Bonchev–Trinajstić information content (AvgIpc) is 3.41. The molecule has 0 atom stereocenters. The second-order valence-electron chi connectivity index (χ2n) is 8.46. The highest BCUT2D eigenvalue weighted by molar-refractivity contribution is 5.94. The van der Waals surface area contributed by atoms with Crippen LogP contribution in [0, 0.1) is 0 Å². The lowest BCUT2D eigenvalue weighted by atomic mass is 10.1. The van der Waals surface area contributed by atoms with Gasteiger partial charge in [0.25, 0.3) is 17.8 Å². The third-order valence-electron chi connectivity index (χ3n) is 6.33. The van der Waals surface area contributed by atoms with Gasteiger partial charge in [0.1, 0.15) is 16.9 Å². The number of anilines is 1. The fraction of sp³-hybridized carbons (Fsp3) is 0.318. The van der Waals surface area contributed by atoms with Gasteiger partial charge in [-0.2, -0.15) is 4.98 Å². The summed E-state index contributed by atoms with van der Waals surface area (Å²) in [5.41, 5.74) is 9.77. The van der Waals surface area contributed by atoms with Gasteiger partial charge in [-0.25, -0.2) is 13.8 Å². The minimum atomic E-state index is -2.62. The first-order valence-corrected chi connectivity index (χ1v) is 10.4. The number of hydrogen-bond acceptors (Lipinski definition) is 6. The zero-order valence-electron chi connectivity index (χ0n) is 17.0. The van der Waals surface area contributed by atoms with Crippen LogP contribution in [-0.4, -0.2) is 68.2 Å². The summed E-state index contributed by atoms with van der Waals surface area (Å²) >= 11 is 0. The van der Waals surface area contributed by atoms with E-state index in [-0.39, 0.29) is 30.9 Å². The van der Waals surface area contributed by atoms with Gasteiger partial charge in [0.15, 0.2) is 5.58 Å².